The summed E-state index contributed by atoms with van der Waals surface area (Å²) >= 11 is 0. The molecular weight excluding hydrogens is 340 g/mol. The van der Waals surface area contributed by atoms with E-state index in [2.05, 4.69) is 69.3 Å². The van der Waals surface area contributed by atoms with Gasteiger partial charge in [-0.3, -0.25) is 0 Å². The third-order valence-electron chi connectivity index (χ3n) is 4.90. The molecular formula is C22H30O3Si. The van der Waals surface area contributed by atoms with Crippen LogP contribution in [0.3, 0.4) is 0 Å². The molecule has 0 aromatic heterocycles. The summed E-state index contributed by atoms with van der Waals surface area (Å²) in [5, 5.41) is 9.76. The van der Waals surface area contributed by atoms with E-state index in [1.54, 1.807) is 0 Å². The van der Waals surface area contributed by atoms with E-state index in [1.807, 2.05) is 12.1 Å². The lowest BCUT2D eigenvalue weighted by atomic mass is 9.80. The molecule has 0 bridgehead atoms. The minimum atomic E-state index is -0.841. The molecule has 2 atom stereocenters. The smallest absolute Gasteiger partial charge is 0.168 e. The molecule has 0 radical (unpaired) electrons. The van der Waals surface area contributed by atoms with Crippen LogP contribution in [0.4, 0.5) is 0 Å². The maximum absolute atomic E-state index is 9.59. The van der Waals surface area contributed by atoms with Crippen molar-refractivity contribution in [2.45, 2.75) is 56.5 Å². The van der Waals surface area contributed by atoms with E-state index in [-0.39, 0.29) is 23.9 Å². The molecule has 0 aliphatic carbocycles. The van der Waals surface area contributed by atoms with Crippen LogP contribution in [0.1, 0.15) is 44.7 Å². The van der Waals surface area contributed by atoms with Crippen LogP contribution in [-0.4, -0.2) is 33.7 Å². The van der Waals surface area contributed by atoms with Crippen molar-refractivity contribution >= 4 is 9.76 Å². The molecule has 1 aliphatic heterocycles. The predicted octanol–water partition coefficient (Wildman–Crippen LogP) is 3.79. The van der Waals surface area contributed by atoms with Gasteiger partial charge in [0.1, 0.15) is 5.60 Å². The second kappa shape index (κ2) is 8.05. The van der Waals surface area contributed by atoms with Crippen molar-refractivity contribution in [3.63, 3.8) is 0 Å². The van der Waals surface area contributed by atoms with Crippen LogP contribution >= 0.6 is 0 Å². The van der Waals surface area contributed by atoms with Crippen molar-refractivity contribution < 1.29 is 14.3 Å². The van der Waals surface area contributed by atoms with E-state index in [9.17, 15) is 5.11 Å². The number of hydrogen-bond acceptors (Lipinski definition) is 3. The summed E-state index contributed by atoms with van der Waals surface area (Å²) in [6.45, 7) is 6.79. The van der Waals surface area contributed by atoms with Gasteiger partial charge < -0.3 is 14.3 Å². The molecule has 2 aromatic rings. The van der Waals surface area contributed by atoms with Gasteiger partial charge in [-0.25, -0.2) is 0 Å². The van der Waals surface area contributed by atoms with Gasteiger partial charge in [0, 0.05) is 0 Å². The monoisotopic (exact) mass is 370 g/mol. The molecule has 1 unspecified atom stereocenters. The van der Waals surface area contributed by atoms with Crippen LogP contribution in [0.5, 0.6) is 0 Å². The normalized spacial score (nSPS) is 21.5. The summed E-state index contributed by atoms with van der Waals surface area (Å²) in [6.07, 6.45) is 1.54. The quantitative estimate of drug-likeness (QED) is 0.786. The zero-order valence-electron chi connectivity index (χ0n) is 16.0. The largest absolute Gasteiger partial charge is 0.408 e. The average Bonchev–Trinajstić information content (AvgIpc) is 3.13. The first-order valence-corrected chi connectivity index (χ1v) is 10.8. The molecule has 1 N–H and O–H groups in total. The molecule has 0 spiro atoms. The van der Waals surface area contributed by atoms with Crippen LogP contribution in [0.2, 0.25) is 5.04 Å². The third kappa shape index (κ3) is 4.09. The molecule has 1 saturated heterocycles. The molecule has 140 valence electrons. The molecule has 4 heteroatoms. The fraction of sp³-hybridized carbons (Fsp3) is 0.455. The lowest BCUT2D eigenvalue weighted by Crippen LogP contribution is -2.45. The van der Waals surface area contributed by atoms with Crippen LogP contribution in [0.25, 0.3) is 0 Å². The maximum atomic E-state index is 9.59. The molecule has 3 rings (SSSR count). The molecule has 2 aromatic carbocycles. The average molecular weight is 371 g/mol. The van der Waals surface area contributed by atoms with Crippen molar-refractivity contribution in [3.8, 4) is 0 Å². The van der Waals surface area contributed by atoms with Gasteiger partial charge >= 0.3 is 0 Å². The van der Waals surface area contributed by atoms with Crippen molar-refractivity contribution in [2.24, 2.45) is 0 Å². The van der Waals surface area contributed by atoms with Gasteiger partial charge in [0.15, 0.2) is 9.76 Å². The topological polar surface area (TPSA) is 38.7 Å². The molecule has 0 amide bonds. The minimum Gasteiger partial charge on any atom is -0.408 e. The van der Waals surface area contributed by atoms with E-state index >= 15 is 0 Å². The zero-order valence-corrected chi connectivity index (χ0v) is 17.4. The SMILES string of the molecule is CC(C)(C)[SiH2]OC(c1ccccc1)(c1ccccc1)C1CC[C@H](CO)O1. The highest BCUT2D eigenvalue weighted by Gasteiger charge is 2.47. The maximum Gasteiger partial charge on any atom is 0.168 e. The Hall–Kier alpha value is -1.46. The van der Waals surface area contributed by atoms with Gasteiger partial charge in [0.25, 0.3) is 0 Å². The Labute approximate surface area is 159 Å². The van der Waals surface area contributed by atoms with Crippen molar-refractivity contribution in [1.82, 2.24) is 0 Å². The Balaban J connectivity index is 2.11. The Morgan fingerprint density at radius 3 is 1.92 bits per heavy atom. The van der Waals surface area contributed by atoms with Gasteiger partial charge in [0.2, 0.25) is 0 Å². The molecule has 26 heavy (non-hydrogen) atoms. The van der Waals surface area contributed by atoms with Crippen LogP contribution in [-0.2, 0) is 14.8 Å². The van der Waals surface area contributed by atoms with E-state index in [4.69, 9.17) is 9.16 Å². The number of aliphatic hydroxyl groups is 1. The Morgan fingerprint density at radius 1 is 0.962 bits per heavy atom. The highest BCUT2D eigenvalue weighted by molar-refractivity contribution is 6.32. The van der Waals surface area contributed by atoms with Gasteiger partial charge in [-0.1, -0.05) is 81.4 Å². The number of hydrogen-bond donors (Lipinski definition) is 1. The second-order valence-corrected chi connectivity index (χ2v) is 11.0. The lowest BCUT2D eigenvalue weighted by Gasteiger charge is -2.42. The Bertz CT molecular complexity index is 642. The standard InChI is InChI=1S/C22H30O3Si/c1-21(2,3)26-25-22(17-10-6-4-7-11-17,18-12-8-5-9-13-18)20-15-14-19(16-23)24-20/h4-13,19-20,23H,14-16,26H2,1-3H3/t19-,20?/m1/s1. The fourth-order valence-electron chi connectivity index (χ4n) is 3.64. The van der Waals surface area contributed by atoms with Crippen LogP contribution in [0.15, 0.2) is 60.7 Å². The summed E-state index contributed by atoms with van der Waals surface area (Å²) in [6, 6.07) is 20.9. The highest BCUT2D eigenvalue weighted by atomic mass is 28.2. The second-order valence-electron chi connectivity index (χ2n) is 8.32. The fourth-order valence-corrected chi connectivity index (χ4v) is 4.82. The predicted molar refractivity (Wildman–Crippen MR) is 108 cm³/mol. The molecule has 1 fully saturated rings. The van der Waals surface area contributed by atoms with Gasteiger partial charge in [-0.05, 0) is 29.0 Å². The number of aliphatic hydroxyl groups excluding tert-OH is 1. The summed E-state index contributed by atoms with van der Waals surface area (Å²) < 4.78 is 13.2. The van der Waals surface area contributed by atoms with Crippen LogP contribution < -0.4 is 0 Å². The Kier molecular flexibility index (Phi) is 5.98. The summed E-state index contributed by atoms with van der Waals surface area (Å²) in [7, 11) is -0.841. The van der Waals surface area contributed by atoms with E-state index < -0.39 is 15.4 Å². The highest BCUT2D eigenvalue weighted by Crippen LogP contribution is 2.44. The number of benzene rings is 2. The first-order valence-electron chi connectivity index (χ1n) is 9.47. The van der Waals surface area contributed by atoms with E-state index in [1.165, 1.54) is 0 Å². The van der Waals surface area contributed by atoms with Gasteiger partial charge in [0.05, 0.1) is 18.8 Å². The molecule has 0 saturated carbocycles. The van der Waals surface area contributed by atoms with E-state index in [0.29, 0.717) is 0 Å². The van der Waals surface area contributed by atoms with Crippen molar-refractivity contribution in [3.05, 3.63) is 71.8 Å². The Morgan fingerprint density at radius 2 is 1.50 bits per heavy atom. The number of rotatable bonds is 6. The van der Waals surface area contributed by atoms with Crippen molar-refractivity contribution in [2.75, 3.05) is 6.61 Å². The van der Waals surface area contributed by atoms with Gasteiger partial charge in [-0.2, -0.15) is 0 Å². The molecule has 3 nitrogen and oxygen atoms in total. The van der Waals surface area contributed by atoms with Crippen LogP contribution in [0, 0.1) is 0 Å². The lowest BCUT2D eigenvalue weighted by molar-refractivity contribution is -0.0807. The number of ether oxygens (including phenoxy) is 1. The third-order valence-corrected chi connectivity index (χ3v) is 6.37. The first-order chi connectivity index (χ1) is 12.5. The molecule has 1 aliphatic rings. The van der Waals surface area contributed by atoms with Crippen molar-refractivity contribution in [1.29, 1.82) is 0 Å². The zero-order chi connectivity index (χ0) is 18.6. The molecule has 1 heterocycles. The van der Waals surface area contributed by atoms with Gasteiger partial charge in [-0.15, -0.1) is 0 Å². The minimum absolute atomic E-state index is 0.0624. The summed E-state index contributed by atoms with van der Waals surface area (Å²) in [5.74, 6) is 0. The van der Waals surface area contributed by atoms with E-state index in [0.717, 1.165) is 24.0 Å². The first kappa shape index (κ1) is 19.3. The summed E-state index contributed by atoms with van der Waals surface area (Å²) in [4.78, 5) is 0. The summed E-state index contributed by atoms with van der Waals surface area (Å²) in [5.41, 5.74) is 1.64.